The van der Waals surface area contributed by atoms with Crippen molar-refractivity contribution in [2.75, 3.05) is 17.7 Å². The minimum absolute atomic E-state index is 0.0527. The van der Waals surface area contributed by atoms with Gasteiger partial charge in [0, 0.05) is 9.75 Å². The van der Waals surface area contributed by atoms with Gasteiger partial charge in [-0.3, -0.25) is 14.2 Å². The highest BCUT2D eigenvalue weighted by Gasteiger charge is 2.29. The largest absolute Gasteiger partial charge is 0.462 e. The van der Waals surface area contributed by atoms with Crippen molar-refractivity contribution < 1.29 is 14.3 Å². The van der Waals surface area contributed by atoms with Crippen LogP contribution in [0, 0.1) is 5.92 Å². The molecule has 10 heteroatoms. The molecule has 40 heavy (non-hydrogen) atoms. The van der Waals surface area contributed by atoms with Crippen molar-refractivity contribution in [3.8, 4) is 5.69 Å². The van der Waals surface area contributed by atoms with E-state index in [0.29, 0.717) is 21.6 Å². The summed E-state index contributed by atoms with van der Waals surface area (Å²) < 4.78 is 6.98. The highest BCUT2D eigenvalue weighted by molar-refractivity contribution is 7.99. The number of aromatic nitrogens is 2. The first-order valence-electron chi connectivity index (χ1n) is 13.8. The Labute approximate surface area is 245 Å². The summed E-state index contributed by atoms with van der Waals surface area (Å²) in [5.41, 5.74) is 3.30. The van der Waals surface area contributed by atoms with Crippen LogP contribution in [0.1, 0.15) is 64.3 Å². The normalized spacial score (nSPS) is 16.4. The quantitative estimate of drug-likeness (QED) is 0.151. The predicted molar refractivity (Wildman–Crippen MR) is 163 cm³/mol. The van der Waals surface area contributed by atoms with Gasteiger partial charge >= 0.3 is 5.97 Å². The number of carbonyl (C=O) groups excluding carboxylic acids is 2. The maximum atomic E-state index is 13.9. The Bertz CT molecular complexity index is 1650. The lowest BCUT2D eigenvalue weighted by Gasteiger charge is -2.18. The monoisotopic (exact) mass is 593 g/mol. The van der Waals surface area contributed by atoms with E-state index in [1.807, 2.05) is 30.3 Å². The Kier molecular flexibility index (Phi) is 7.83. The van der Waals surface area contributed by atoms with Crippen LogP contribution < -0.4 is 10.9 Å². The number of aryl methyl sites for hydroxylation is 2. The molecule has 1 N–H and O–H groups in total. The van der Waals surface area contributed by atoms with Crippen molar-refractivity contribution in [3.63, 3.8) is 0 Å². The molecular weight excluding hydrogens is 563 g/mol. The highest BCUT2D eigenvalue weighted by atomic mass is 32.2. The SMILES string of the molecule is CCOC(=O)c1c(NC(=O)CSc2nc3sc4c(c3c(=O)n2-c2ccccc2)CCCC4)sc2c1CCC(C)C2. The van der Waals surface area contributed by atoms with E-state index in [0.717, 1.165) is 76.9 Å². The van der Waals surface area contributed by atoms with Crippen LogP contribution in [0.5, 0.6) is 0 Å². The molecule has 2 aliphatic carbocycles. The van der Waals surface area contributed by atoms with E-state index in [1.54, 1.807) is 22.8 Å². The van der Waals surface area contributed by atoms with Gasteiger partial charge in [-0.15, -0.1) is 22.7 Å². The summed E-state index contributed by atoms with van der Waals surface area (Å²) in [6, 6.07) is 9.48. The second kappa shape index (κ2) is 11.5. The summed E-state index contributed by atoms with van der Waals surface area (Å²) >= 11 is 4.32. The Morgan fingerprint density at radius 2 is 1.90 bits per heavy atom. The first-order chi connectivity index (χ1) is 19.4. The van der Waals surface area contributed by atoms with E-state index in [-0.39, 0.29) is 29.8 Å². The van der Waals surface area contributed by atoms with Gasteiger partial charge in [0.1, 0.15) is 9.83 Å². The Morgan fingerprint density at radius 1 is 1.10 bits per heavy atom. The lowest BCUT2D eigenvalue weighted by molar-refractivity contribution is -0.113. The maximum absolute atomic E-state index is 13.9. The summed E-state index contributed by atoms with van der Waals surface area (Å²) in [6.45, 7) is 4.27. The van der Waals surface area contributed by atoms with Crippen molar-refractivity contribution in [1.82, 2.24) is 9.55 Å². The number of amides is 1. The van der Waals surface area contributed by atoms with Crippen LogP contribution in [0.2, 0.25) is 0 Å². The third kappa shape index (κ3) is 5.12. The lowest BCUT2D eigenvalue weighted by Crippen LogP contribution is -2.23. The minimum atomic E-state index is -0.385. The fourth-order valence-electron chi connectivity index (χ4n) is 5.64. The van der Waals surface area contributed by atoms with E-state index in [2.05, 4.69) is 12.2 Å². The second-order valence-corrected chi connectivity index (χ2v) is 13.5. The van der Waals surface area contributed by atoms with E-state index in [1.165, 1.54) is 28.0 Å². The van der Waals surface area contributed by atoms with Gasteiger partial charge in [-0.1, -0.05) is 36.9 Å². The molecule has 2 aliphatic rings. The number of thioether (sulfide) groups is 1. The zero-order chi connectivity index (χ0) is 27.8. The predicted octanol–water partition coefficient (Wildman–Crippen LogP) is 6.42. The standard InChI is InChI=1S/C30H31N3O4S3/c1-3-37-29(36)25-20-14-13-17(2)15-22(20)40-27(25)31-23(34)16-38-30-32-26-24(19-11-7-8-12-21(19)39-26)28(35)33(30)18-9-5-4-6-10-18/h4-6,9-10,17H,3,7-8,11-16H2,1-2H3,(H,31,34). The van der Waals surface area contributed by atoms with E-state index < -0.39 is 0 Å². The summed E-state index contributed by atoms with van der Waals surface area (Å²) in [5.74, 6) is -0.0401. The van der Waals surface area contributed by atoms with Crippen LogP contribution in [0.3, 0.4) is 0 Å². The number of benzene rings is 1. The van der Waals surface area contributed by atoms with Gasteiger partial charge in [0.25, 0.3) is 5.56 Å². The molecule has 1 amide bonds. The highest BCUT2D eigenvalue weighted by Crippen LogP contribution is 2.40. The molecule has 0 radical (unpaired) electrons. The van der Waals surface area contributed by atoms with Crippen molar-refractivity contribution in [1.29, 1.82) is 0 Å². The number of anilines is 1. The smallest absolute Gasteiger partial charge is 0.341 e. The van der Waals surface area contributed by atoms with Crippen molar-refractivity contribution in [2.24, 2.45) is 5.92 Å². The van der Waals surface area contributed by atoms with Crippen LogP contribution in [0.4, 0.5) is 5.00 Å². The molecule has 0 fully saturated rings. The second-order valence-electron chi connectivity index (χ2n) is 10.4. The van der Waals surface area contributed by atoms with Crippen LogP contribution in [0.15, 0.2) is 40.3 Å². The number of para-hydroxylation sites is 1. The number of thiophene rings is 2. The number of nitrogens with one attached hydrogen (secondary N) is 1. The van der Waals surface area contributed by atoms with Crippen LogP contribution in [-0.4, -0.2) is 33.8 Å². The molecule has 0 saturated heterocycles. The molecule has 0 bridgehead atoms. The van der Waals surface area contributed by atoms with Crippen LogP contribution >= 0.6 is 34.4 Å². The number of ether oxygens (including phenoxy) is 1. The fraction of sp³-hybridized carbons (Fsp3) is 0.400. The lowest BCUT2D eigenvalue weighted by atomic mass is 9.88. The molecule has 208 valence electrons. The van der Waals surface area contributed by atoms with Gasteiger partial charge in [-0.05, 0) is 81.0 Å². The molecular formula is C30H31N3O4S3. The third-order valence-electron chi connectivity index (χ3n) is 7.55. The number of carbonyl (C=O) groups is 2. The number of rotatable bonds is 7. The van der Waals surface area contributed by atoms with Gasteiger partial charge < -0.3 is 10.1 Å². The molecule has 3 aromatic heterocycles. The van der Waals surface area contributed by atoms with E-state index in [9.17, 15) is 14.4 Å². The molecule has 6 rings (SSSR count). The topological polar surface area (TPSA) is 90.3 Å². The Morgan fingerprint density at radius 3 is 2.70 bits per heavy atom. The van der Waals surface area contributed by atoms with Gasteiger partial charge in [0.15, 0.2) is 5.16 Å². The molecule has 7 nitrogen and oxygen atoms in total. The first kappa shape index (κ1) is 27.2. The molecule has 0 saturated carbocycles. The maximum Gasteiger partial charge on any atom is 0.341 e. The summed E-state index contributed by atoms with van der Waals surface area (Å²) in [7, 11) is 0. The molecule has 1 unspecified atom stereocenters. The van der Waals surface area contributed by atoms with E-state index >= 15 is 0 Å². The molecule has 0 aliphatic heterocycles. The molecule has 0 spiro atoms. The molecule has 3 heterocycles. The third-order valence-corrected chi connectivity index (χ3v) is 10.8. The zero-order valence-corrected chi connectivity index (χ0v) is 25.0. The number of nitrogens with zero attached hydrogens (tertiary/aromatic N) is 2. The number of hydrogen-bond donors (Lipinski definition) is 1. The minimum Gasteiger partial charge on any atom is -0.462 e. The van der Waals surface area contributed by atoms with Crippen LogP contribution in [0.25, 0.3) is 15.9 Å². The van der Waals surface area contributed by atoms with Gasteiger partial charge in [-0.25, -0.2) is 9.78 Å². The first-order valence-corrected chi connectivity index (χ1v) is 16.4. The van der Waals surface area contributed by atoms with E-state index in [4.69, 9.17) is 9.72 Å². The molecule has 4 aromatic rings. The van der Waals surface area contributed by atoms with Gasteiger partial charge in [-0.2, -0.15) is 0 Å². The summed E-state index contributed by atoms with van der Waals surface area (Å²) in [4.78, 5) is 48.1. The zero-order valence-electron chi connectivity index (χ0n) is 22.6. The van der Waals surface area contributed by atoms with Crippen molar-refractivity contribution in [2.45, 2.75) is 63.9 Å². The average molecular weight is 594 g/mol. The molecule has 1 aromatic carbocycles. The van der Waals surface area contributed by atoms with Crippen LogP contribution in [-0.2, 0) is 35.2 Å². The number of esters is 1. The number of hydrogen-bond acceptors (Lipinski definition) is 8. The van der Waals surface area contributed by atoms with Gasteiger partial charge in [0.2, 0.25) is 5.91 Å². The van der Waals surface area contributed by atoms with Gasteiger partial charge in [0.05, 0.1) is 29.0 Å². The Hall–Kier alpha value is -2.95. The van der Waals surface area contributed by atoms with Crippen molar-refractivity contribution in [3.05, 3.63) is 67.1 Å². The molecule has 1 atom stereocenters. The summed E-state index contributed by atoms with van der Waals surface area (Å²) in [5, 5.41) is 4.75. The average Bonchev–Trinajstić information content (AvgIpc) is 3.50. The summed E-state index contributed by atoms with van der Waals surface area (Å²) in [6.07, 6.45) is 6.82. The Balaban J connectivity index is 1.31. The van der Waals surface area contributed by atoms with Crippen molar-refractivity contribution >= 4 is 61.5 Å². The fourth-order valence-corrected chi connectivity index (χ4v) is 9.17. The number of fused-ring (bicyclic) bond motifs is 4.